The van der Waals surface area contributed by atoms with Gasteiger partial charge in [0, 0.05) is 17.5 Å². The van der Waals surface area contributed by atoms with Crippen molar-refractivity contribution in [1.82, 2.24) is 0 Å². The van der Waals surface area contributed by atoms with Crippen molar-refractivity contribution >= 4 is 113 Å². The van der Waals surface area contributed by atoms with E-state index < -0.39 is 87.6 Å². The number of hydrogen-bond acceptors (Lipinski definition) is 19. The summed E-state index contributed by atoms with van der Waals surface area (Å²) >= 11 is 0. The van der Waals surface area contributed by atoms with Crippen LogP contribution in [0, 0.1) is 27.7 Å². The molecular formula is C43H42N8O18S5. The second-order valence-corrected chi connectivity index (χ2v) is 23.1. The molecule has 7 N–H and O–H groups in total. The molecule has 0 unspecified atom stereocenters. The number of urea groups is 1. The van der Waals surface area contributed by atoms with Gasteiger partial charge < -0.3 is 20.1 Å². The number of aryl methyl sites for hydroxylation is 4. The second-order valence-electron chi connectivity index (χ2n) is 15.9. The zero-order valence-corrected chi connectivity index (χ0v) is 43.1. The lowest BCUT2D eigenvalue weighted by Gasteiger charge is -2.16. The monoisotopic (exact) mass is 1120 g/mol. The van der Waals surface area contributed by atoms with Gasteiger partial charge in [-0.05, 0) is 128 Å². The SMILES string of the molecule is COc1cc(N=Nc2ccc3cc(S(=O)(=O)O)cc(S(=O)(=O)O)c3c2)c(C)cc1NC(=O)Nc1cc(C)c(N=Nc2cc(C)c(N=Nc3ccc(S(=O)(=O)O)cc3S(=O)(=O)O)cc2C)cc1OCCCS(=O)(=O)O. The van der Waals surface area contributed by atoms with Crippen molar-refractivity contribution < 1.29 is 79.1 Å². The van der Waals surface area contributed by atoms with Crippen LogP contribution in [-0.4, -0.2) is 90.4 Å². The lowest BCUT2D eigenvalue weighted by Crippen LogP contribution is -2.20. The van der Waals surface area contributed by atoms with Gasteiger partial charge in [0.2, 0.25) is 0 Å². The molecule has 0 spiro atoms. The molecule has 0 fully saturated rings. The molecule has 6 aromatic rings. The molecular weight excluding hydrogens is 1080 g/mol. The highest BCUT2D eigenvalue weighted by Gasteiger charge is 2.23. The van der Waals surface area contributed by atoms with Crippen molar-refractivity contribution in [3.05, 3.63) is 107 Å². The van der Waals surface area contributed by atoms with E-state index in [1.807, 2.05) is 0 Å². The number of fused-ring (bicyclic) bond motifs is 1. The summed E-state index contributed by atoms with van der Waals surface area (Å²) in [5.74, 6) is -0.501. The Bertz CT molecular complexity index is 3950. The minimum atomic E-state index is -5.01. The number of benzene rings is 6. The molecule has 2 amide bonds. The number of ether oxygens (including phenoxy) is 2. The molecule has 6 aromatic carbocycles. The van der Waals surface area contributed by atoms with Crippen LogP contribution in [-0.2, 0) is 50.6 Å². The number of azo groups is 3. The number of amides is 2. The van der Waals surface area contributed by atoms with E-state index in [4.69, 9.17) is 9.47 Å². The van der Waals surface area contributed by atoms with Crippen molar-refractivity contribution in [2.45, 2.75) is 53.7 Å². The van der Waals surface area contributed by atoms with Gasteiger partial charge in [-0.15, -0.1) is 5.11 Å². The van der Waals surface area contributed by atoms with Gasteiger partial charge in [0.15, 0.2) is 0 Å². The molecule has 0 saturated heterocycles. The van der Waals surface area contributed by atoms with Crippen molar-refractivity contribution in [1.29, 1.82) is 0 Å². The Kier molecular flexibility index (Phi) is 16.5. The smallest absolute Gasteiger partial charge is 0.323 e. The van der Waals surface area contributed by atoms with Crippen LogP contribution in [0.4, 0.5) is 50.3 Å². The number of anilines is 2. The van der Waals surface area contributed by atoms with Crippen LogP contribution < -0.4 is 20.1 Å². The summed E-state index contributed by atoms with van der Waals surface area (Å²) in [6, 6.07) is 16.0. The zero-order chi connectivity index (χ0) is 54.7. The van der Waals surface area contributed by atoms with Crippen LogP contribution in [0.15, 0.2) is 135 Å². The molecule has 392 valence electrons. The van der Waals surface area contributed by atoms with E-state index in [2.05, 4.69) is 41.3 Å². The van der Waals surface area contributed by atoms with Crippen LogP contribution in [0.5, 0.6) is 11.5 Å². The third kappa shape index (κ3) is 14.3. The Labute approximate surface area is 423 Å². The molecule has 74 heavy (non-hydrogen) atoms. The summed E-state index contributed by atoms with van der Waals surface area (Å²) in [5.41, 5.74) is 2.85. The average molecular weight is 1120 g/mol. The van der Waals surface area contributed by atoms with E-state index in [-0.39, 0.29) is 69.4 Å². The first kappa shape index (κ1) is 56.1. The van der Waals surface area contributed by atoms with E-state index in [0.29, 0.717) is 40.1 Å². The first-order valence-electron chi connectivity index (χ1n) is 20.8. The lowest BCUT2D eigenvalue weighted by atomic mass is 10.1. The normalized spacial score (nSPS) is 12.8. The molecule has 0 radical (unpaired) electrons. The van der Waals surface area contributed by atoms with Crippen LogP contribution in [0.25, 0.3) is 10.8 Å². The molecule has 0 aliphatic rings. The number of carbonyl (C=O) groups excluding carboxylic acids is 1. The summed E-state index contributed by atoms with van der Waals surface area (Å²) < 4.78 is 177. The minimum absolute atomic E-state index is 0.0164. The summed E-state index contributed by atoms with van der Waals surface area (Å²) in [4.78, 5) is 10.3. The molecule has 31 heteroatoms. The third-order valence-corrected chi connectivity index (χ3v) is 14.7. The van der Waals surface area contributed by atoms with Crippen LogP contribution in [0.2, 0.25) is 0 Å². The average Bonchev–Trinajstić information content (AvgIpc) is 3.28. The molecule has 0 atom stereocenters. The number of nitrogens with one attached hydrogen (secondary N) is 2. The Hall–Kier alpha value is -7.20. The number of nitrogens with zero attached hydrogens (tertiary/aromatic N) is 6. The second kappa shape index (κ2) is 21.7. The van der Waals surface area contributed by atoms with E-state index in [9.17, 15) is 69.6 Å². The predicted molar refractivity (Wildman–Crippen MR) is 266 cm³/mol. The molecule has 6 rings (SSSR count). The number of methoxy groups -OCH3 is 1. The minimum Gasteiger partial charge on any atom is -0.494 e. The van der Waals surface area contributed by atoms with Gasteiger partial charge in [-0.2, -0.15) is 67.7 Å². The lowest BCUT2D eigenvalue weighted by molar-refractivity contribution is 0.261. The zero-order valence-electron chi connectivity index (χ0n) is 39.0. The van der Waals surface area contributed by atoms with Crippen molar-refractivity contribution in [3.63, 3.8) is 0 Å². The van der Waals surface area contributed by atoms with Gasteiger partial charge in [-0.25, -0.2) is 4.79 Å². The Morgan fingerprint density at radius 1 is 0.500 bits per heavy atom. The first-order valence-corrected chi connectivity index (χ1v) is 28.1. The Morgan fingerprint density at radius 2 is 0.973 bits per heavy atom. The van der Waals surface area contributed by atoms with Gasteiger partial charge >= 0.3 is 6.03 Å². The molecule has 0 bridgehead atoms. The molecule has 0 heterocycles. The highest BCUT2D eigenvalue weighted by atomic mass is 32.2. The highest BCUT2D eigenvalue weighted by molar-refractivity contribution is 7.87. The summed E-state index contributed by atoms with van der Waals surface area (Å²) in [6.07, 6.45) is -0.144. The summed E-state index contributed by atoms with van der Waals surface area (Å²) in [5, 5.41) is 30.3. The fraction of sp³-hybridized carbons (Fsp3) is 0.186. The van der Waals surface area contributed by atoms with E-state index in [1.165, 1.54) is 55.6 Å². The molecule has 0 aliphatic carbocycles. The van der Waals surface area contributed by atoms with E-state index >= 15 is 0 Å². The Morgan fingerprint density at radius 3 is 1.49 bits per heavy atom. The van der Waals surface area contributed by atoms with Crippen LogP contribution in [0.3, 0.4) is 0 Å². The molecule has 26 nitrogen and oxygen atoms in total. The summed E-state index contributed by atoms with van der Waals surface area (Å²) in [7, 11) is -22.7. The Balaban J connectivity index is 1.24. The topological polar surface area (TPSA) is 406 Å². The van der Waals surface area contributed by atoms with Gasteiger partial charge in [-0.1, -0.05) is 6.07 Å². The van der Waals surface area contributed by atoms with Crippen molar-refractivity contribution in [2.75, 3.05) is 30.1 Å². The van der Waals surface area contributed by atoms with Gasteiger partial charge in [0.25, 0.3) is 50.6 Å². The first-order chi connectivity index (χ1) is 34.3. The molecule has 0 aliphatic heterocycles. The molecule has 0 aromatic heterocycles. The van der Waals surface area contributed by atoms with Crippen molar-refractivity contribution in [2.24, 2.45) is 30.7 Å². The van der Waals surface area contributed by atoms with Crippen molar-refractivity contribution in [3.8, 4) is 11.5 Å². The maximum atomic E-state index is 13.6. The number of hydrogen-bond donors (Lipinski definition) is 7. The van der Waals surface area contributed by atoms with Crippen LogP contribution >= 0.6 is 0 Å². The number of carbonyl (C=O) groups is 1. The number of rotatable bonds is 18. The fourth-order valence-electron chi connectivity index (χ4n) is 6.74. The summed E-state index contributed by atoms with van der Waals surface area (Å²) in [6.45, 7) is 6.32. The maximum Gasteiger partial charge on any atom is 0.323 e. The predicted octanol–water partition coefficient (Wildman–Crippen LogP) is 9.62. The van der Waals surface area contributed by atoms with E-state index in [1.54, 1.807) is 33.8 Å². The van der Waals surface area contributed by atoms with Gasteiger partial charge in [0.1, 0.15) is 27.0 Å². The standard InChI is InChI=1S/C43H42N8O18S5/c1-23-14-34(24(2)13-33(23)49-47-32-10-9-29(71(56,57)58)19-42(32)74(65,66)67)50-51-36-22-40(69-11-6-12-70(53,54)55)38(16-26(36)4)45-43(52)44-37-15-25(3)35(21-39(37)68-5)48-46-28-8-7-27-17-30(72(59,60)61)20-41(31(27)18-28)73(62,63)64/h7-10,13-22H,6,11-12H2,1-5H3,(H2,44,45,52)(H,53,54,55)(H,56,57,58)(H,59,60,61)(H,62,63,64)(H,65,66,67). The third-order valence-electron chi connectivity index (χ3n) is 10.4. The highest BCUT2D eigenvalue weighted by Crippen LogP contribution is 2.39. The van der Waals surface area contributed by atoms with Crippen LogP contribution in [0.1, 0.15) is 28.7 Å². The van der Waals surface area contributed by atoms with Gasteiger partial charge in [0.05, 0.1) is 69.1 Å². The molecule has 0 saturated carbocycles. The quantitative estimate of drug-likeness (QED) is 0.0239. The van der Waals surface area contributed by atoms with E-state index in [0.717, 1.165) is 18.2 Å². The largest absolute Gasteiger partial charge is 0.494 e. The fourth-order valence-corrected chi connectivity index (χ4v) is 9.80. The maximum absolute atomic E-state index is 13.6. The van der Waals surface area contributed by atoms with Gasteiger partial charge in [-0.3, -0.25) is 22.8 Å².